The number of H-pyrrole nitrogens is 1. The zero-order chi connectivity index (χ0) is 21.1. The molecule has 0 fully saturated rings. The number of carbonyl (C=O) groups is 1. The molecule has 0 aliphatic carbocycles. The fourth-order valence-electron chi connectivity index (χ4n) is 3.85. The fourth-order valence-corrected chi connectivity index (χ4v) is 4.87. The first-order valence-electron chi connectivity index (χ1n) is 9.55. The summed E-state index contributed by atoms with van der Waals surface area (Å²) >= 11 is 1.67. The van der Waals surface area contributed by atoms with E-state index in [4.69, 9.17) is 4.42 Å². The standard InChI is InChI=1S/C24H14N2O4S/c27-16-10-14(24(28)29)9-13-5-6-15-22(21(13)16)26-23(25-15)18-8-7-17(30-18)20-11-12-3-1-2-4-19(12)31-20/h1-11,27H,(H,25,26)(H,28,29). The van der Waals surface area contributed by atoms with E-state index in [9.17, 15) is 15.0 Å². The van der Waals surface area contributed by atoms with E-state index in [0.29, 0.717) is 27.9 Å². The van der Waals surface area contributed by atoms with Gasteiger partial charge >= 0.3 is 5.97 Å². The largest absolute Gasteiger partial charge is 0.507 e. The highest BCUT2D eigenvalue weighted by atomic mass is 32.1. The minimum atomic E-state index is -1.09. The van der Waals surface area contributed by atoms with Gasteiger partial charge in [-0.25, -0.2) is 9.78 Å². The maximum Gasteiger partial charge on any atom is 0.335 e. The van der Waals surface area contributed by atoms with Gasteiger partial charge in [0, 0.05) is 4.70 Å². The number of phenols is 1. The van der Waals surface area contributed by atoms with Crippen molar-refractivity contribution in [2.45, 2.75) is 0 Å². The van der Waals surface area contributed by atoms with Gasteiger partial charge in [-0.15, -0.1) is 11.3 Å². The zero-order valence-corrected chi connectivity index (χ0v) is 16.7. The molecule has 31 heavy (non-hydrogen) atoms. The number of hydrogen-bond donors (Lipinski definition) is 3. The number of imidazole rings is 1. The maximum atomic E-state index is 11.3. The number of carboxylic acids is 1. The molecule has 3 heterocycles. The van der Waals surface area contributed by atoms with Gasteiger partial charge in [-0.3, -0.25) is 0 Å². The van der Waals surface area contributed by atoms with Gasteiger partial charge in [-0.2, -0.15) is 0 Å². The summed E-state index contributed by atoms with van der Waals surface area (Å²) < 4.78 is 7.28. The number of nitrogens with one attached hydrogen (secondary N) is 1. The van der Waals surface area contributed by atoms with Crippen molar-refractivity contribution in [3.05, 3.63) is 72.3 Å². The van der Waals surface area contributed by atoms with Gasteiger partial charge < -0.3 is 19.6 Å². The van der Waals surface area contributed by atoms with Crippen LogP contribution in [-0.4, -0.2) is 26.2 Å². The number of nitrogens with zero attached hydrogens (tertiary/aromatic N) is 1. The molecule has 6 rings (SSSR count). The van der Waals surface area contributed by atoms with E-state index in [1.807, 2.05) is 30.3 Å². The normalized spacial score (nSPS) is 11.6. The predicted molar refractivity (Wildman–Crippen MR) is 121 cm³/mol. The molecule has 150 valence electrons. The molecule has 3 aromatic heterocycles. The lowest BCUT2D eigenvalue weighted by Crippen LogP contribution is -1.95. The summed E-state index contributed by atoms with van der Waals surface area (Å²) in [5.74, 6) is 0.666. The summed E-state index contributed by atoms with van der Waals surface area (Å²) in [4.78, 5) is 20.2. The lowest BCUT2D eigenvalue weighted by molar-refractivity contribution is 0.0696. The summed E-state index contributed by atoms with van der Waals surface area (Å²) in [7, 11) is 0. The summed E-state index contributed by atoms with van der Waals surface area (Å²) in [6.45, 7) is 0. The van der Waals surface area contributed by atoms with Crippen molar-refractivity contribution in [1.29, 1.82) is 0 Å². The fraction of sp³-hybridized carbons (Fsp3) is 0. The number of rotatable bonds is 3. The van der Waals surface area contributed by atoms with Gasteiger partial charge in [0.25, 0.3) is 0 Å². The monoisotopic (exact) mass is 426 g/mol. The van der Waals surface area contributed by atoms with Crippen LogP contribution in [0.1, 0.15) is 10.4 Å². The second-order valence-electron chi connectivity index (χ2n) is 7.26. The van der Waals surface area contributed by atoms with Crippen molar-refractivity contribution >= 4 is 49.2 Å². The van der Waals surface area contributed by atoms with Crippen molar-refractivity contribution in [2.75, 3.05) is 0 Å². The Hall–Kier alpha value is -4.10. The second-order valence-corrected chi connectivity index (χ2v) is 8.34. The van der Waals surface area contributed by atoms with Crippen LogP contribution in [-0.2, 0) is 0 Å². The average molecular weight is 426 g/mol. The molecule has 3 N–H and O–H groups in total. The van der Waals surface area contributed by atoms with Crippen LogP contribution in [0.3, 0.4) is 0 Å². The Bertz CT molecular complexity index is 1610. The van der Waals surface area contributed by atoms with Crippen LogP contribution >= 0.6 is 11.3 Å². The number of aromatic carboxylic acids is 1. The van der Waals surface area contributed by atoms with Crippen LogP contribution in [0.2, 0.25) is 0 Å². The first kappa shape index (κ1) is 17.7. The predicted octanol–water partition coefficient (Wildman–Crippen LogP) is 6.26. The molecule has 0 saturated heterocycles. The Morgan fingerprint density at radius 2 is 1.81 bits per heavy atom. The highest BCUT2D eigenvalue weighted by Crippen LogP contribution is 2.37. The molecule has 6 nitrogen and oxygen atoms in total. The van der Waals surface area contributed by atoms with E-state index < -0.39 is 5.97 Å². The van der Waals surface area contributed by atoms with Crippen LogP contribution < -0.4 is 0 Å². The van der Waals surface area contributed by atoms with Crippen molar-refractivity contribution < 1.29 is 19.4 Å². The zero-order valence-electron chi connectivity index (χ0n) is 15.9. The first-order valence-corrected chi connectivity index (χ1v) is 10.4. The number of aromatic hydroxyl groups is 1. The molecule has 7 heteroatoms. The number of aromatic nitrogens is 2. The van der Waals surface area contributed by atoms with Crippen molar-refractivity contribution in [3.8, 4) is 28.0 Å². The van der Waals surface area contributed by atoms with Crippen molar-refractivity contribution in [3.63, 3.8) is 0 Å². The number of carboxylic acid groups (broad SMARTS) is 1. The smallest absolute Gasteiger partial charge is 0.335 e. The maximum absolute atomic E-state index is 11.3. The Balaban J connectivity index is 1.46. The molecular formula is C24H14N2O4S. The third-order valence-corrected chi connectivity index (χ3v) is 6.43. The number of benzene rings is 3. The number of fused-ring (bicyclic) bond motifs is 4. The summed E-state index contributed by atoms with van der Waals surface area (Å²) in [6.07, 6.45) is 0. The van der Waals surface area contributed by atoms with Gasteiger partial charge in [0.15, 0.2) is 11.6 Å². The van der Waals surface area contributed by atoms with Crippen LogP contribution in [0.5, 0.6) is 5.75 Å². The molecule has 0 amide bonds. The molecular weight excluding hydrogens is 412 g/mol. The highest BCUT2D eigenvalue weighted by Gasteiger charge is 2.17. The molecule has 0 aliphatic rings. The van der Waals surface area contributed by atoms with Crippen LogP contribution in [0.15, 0.2) is 71.1 Å². The number of hydrogen-bond acceptors (Lipinski definition) is 5. The molecule has 3 aromatic carbocycles. The van der Waals surface area contributed by atoms with E-state index in [0.717, 1.165) is 16.2 Å². The van der Waals surface area contributed by atoms with E-state index in [1.54, 1.807) is 17.4 Å². The molecule has 0 atom stereocenters. The molecule has 0 unspecified atom stereocenters. The van der Waals surface area contributed by atoms with E-state index in [-0.39, 0.29) is 11.3 Å². The van der Waals surface area contributed by atoms with Crippen LogP contribution in [0.25, 0.3) is 54.1 Å². The van der Waals surface area contributed by atoms with E-state index >= 15 is 0 Å². The number of phenolic OH excluding ortho intramolecular Hbond substituents is 1. The molecule has 0 bridgehead atoms. The third kappa shape index (κ3) is 2.78. The molecule has 6 aromatic rings. The van der Waals surface area contributed by atoms with Crippen molar-refractivity contribution in [2.24, 2.45) is 0 Å². The molecule has 0 saturated carbocycles. The number of aromatic amines is 1. The van der Waals surface area contributed by atoms with Gasteiger partial charge in [0.05, 0.1) is 21.3 Å². The van der Waals surface area contributed by atoms with E-state index in [1.165, 1.54) is 22.2 Å². The average Bonchev–Trinajstić information content (AvgIpc) is 3.49. The quantitative estimate of drug-likeness (QED) is 0.310. The minimum Gasteiger partial charge on any atom is -0.507 e. The summed E-state index contributed by atoms with van der Waals surface area (Å²) in [5.41, 5.74) is 1.31. The number of thiophene rings is 1. The van der Waals surface area contributed by atoms with Crippen LogP contribution in [0, 0.1) is 0 Å². The van der Waals surface area contributed by atoms with Crippen molar-refractivity contribution in [1.82, 2.24) is 9.97 Å². The Morgan fingerprint density at radius 1 is 0.968 bits per heavy atom. The number of furan rings is 1. The third-order valence-electron chi connectivity index (χ3n) is 5.30. The van der Waals surface area contributed by atoms with Crippen LogP contribution in [0.4, 0.5) is 0 Å². The van der Waals surface area contributed by atoms with Gasteiger partial charge in [0.1, 0.15) is 17.0 Å². The minimum absolute atomic E-state index is 0.0270. The second kappa shape index (κ2) is 6.45. The molecule has 0 radical (unpaired) electrons. The summed E-state index contributed by atoms with van der Waals surface area (Å²) in [5, 5.41) is 22.0. The Morgan fingerprint density at radius 3 is 2.65 bits per heavy atom. The Labute approximate surface area is 179 Å². The topological polar surface area (TPSA) is 99.3 Å². The molecule has 0 spiro atoms. The van der Waals surface area contributed by atoms with E-state index in [2.05, 4.69) is 28.2 Å². The van der Waals surface area contributed by atoms with Gasteiger partial charge in [-0.05, 0) is 53.2 Å². The highest BCUT2D eigenvalue weighted by molar-refractivity contribution is 7.22. The van der Waals surface area contributed by atoms with Gasteiger partial charge in [0.2, 0.25) is 0 Å². The SMILES string of the molecule is O=C(O)c1cc(O)c2c(ccc3[nH]c(-c4ccc(-c5cc6ccccc6s5)o4)nc32)c1. The molecule has 0 aliphatic heterocycles. The Kier molecular flexibility index (Phi) is 3.69. The van der Waals surface area contributed by atoms with Gasteiger partial charge in [-0.1, -0.05) is 24.3 Å². The lowest BCUT2D eigenvalue weighted by Gasteiger charge is -2.04. The summed E-state index contributed by atoms with van der Waals surface area (Å²) in [6, 6.07) is 20.4. The first-order chi connectivity index (χ1) is 15.1. The lowest BCUT2D eigenvalue weighted by atomic mass is 10.0.